The number of nitrogens with one attached hydrogen (secondary N) is 1. The molecule has 2 bridgehead atoms. The van der Waals surface area contributed by atoms with Gasteiger partial charge in [0.2, 0.25) is 0 Å². The van der Waals surface area contributed by atoms with E-state index in [0.29, 0.717) is 17.5 Å². The van der Waals surface area contributed by atoms with E-state index in [0.717, 1.165) is 24.9 Å². The molecule has 2 fully saturated rings. The molecule has 0 aliphatic heterocycles. The lowest BCUT2D eigenvalue weighted by molar-refractivity contribution is -0.143. The molecule has 2 aliphatic carbocycles. The van der Waals surface area contributed by atoms with Gasteiger partial charge in [-0.05, 0) is 43.2 Å². The highest BCUT2D eigenvalue weighted by Crippen LogP contribution is 2.49. The molecule has 0 aromatic carbocycles. The number of carboxylic acids is 1. The fraction of sp³-hybridized carbons (Fsp3) is 0.500. The highest BCUT2D eigenvalue weighted by Gasteiger charge is 2.51. The molecule has 2 saturated carbocycles. The number of nitriles is 1. The molecule has 5 heteroatoms. The molecule has 1 aromatic rings. The Bertz CT molecular complexity index is 552. The van der Waals surface area contributed by atoms with Crippen LogP contribution in [0.25, 0.3) is 0 Å². The molecule has 3 rings (SSSR count). The third-order valence-electron chi connectivity index (χ3n) is 4.41. The Hall–Kier alpha value is -2.09. The normalized spacial score (nSPS) is 31.9. The van der Waals surface area contributed by atoms with E-state index in [1.54, 1.807) is 18.3 Å². The number of carbonyl (C=O) groups is 1. The van der Waals surface area contributed by atoms with Crippen LogP contribution >= 0.6 is 0 Å². The number of carboxylic acid groups (broad SMARTS) is 1. The summed E-state index contributed by atoms with van der Waals surface area (Å²) in [6.45, 7) is 0. The van der Waals surface area contributed by atoms with Crippen LogP contribution in [-0.2, 0) is 4.79 Å². The summed E-state index contributed by atoms with van der Waals surface area (Å²) >= 11 is 0. The van der Waals surface area contributed by atoms with Gasteiger partial charge in [-0.15, -0.1) is 0 Å². The first kappa shape index (κ1) is 12.0. The average Bonchev–Trinajstić information content (AvgIpc) is 2.99. The van der Waals surface area contributed by atoms with Crippen molar-refractivity contribution in [1.29, 1.82) is 5.26 Å². The molecule has 5 nitrogen and oxygen atoms in total. The van der Waals surface area contributed by atoms with Crippen molar-refractivity contribution in [1.82, 2.24) is 4.98 Å². The predicted molar refractivity (Wildman–Crippen MR) is 68.3 cm³/mol. The number of fused-ring (bicyclic) bond motifs is 2. The Morgan fingerprint density at radius 3 is 3.00 bits per heavy atom. The number of hydrogen-bond donors (Lipinski definition) is 2. The molecule has 0 amide bonds. The largest absolute Gasteiger partial charge is 0.481 e. The fourth-order valence-corrected chi connectivity index (χ4v) is 3.63. The molecule has 1 heterocycles. The summed E-state index contributed by atoms with van der Waals surface area (Å²) in [5.74, 6) is -0.279. The zero-order valence-corrected chi connectivity index (χ0v) is 10.4. The number of pyridine rings is 1. The summed E-state index contributed by atoms with van der Waals surface area (Å²) < 4.78 is 0. The van der Waals surface area contributed by atoms with E-state index in [-0.39, 0.29) is 12.0 Å². The Morgan fingerprint density at radius 1 is 1.47 bits per heavy atom. The summed E-state index contributed by atoms with van der Waals surface area (Å²) in [6, 6.07) is 5.42. The third-order valence-corrected chi connectivity index (χ3v) is 4.41. The van der Waals surface area contributed by atoms with Gasteiger partial charge < -0.3 is 10.4 Å². The minimum Gasteiger partial charge on any atom is -0.481 e. The number of rotatable bonds is 3. The molecule has 1 aromatic heterocycles. The Balaban J connectivity index is 1.82. The molecule has 2 aliphatic rings. The lowest BCUT2D eigenvalue weighted by Crippen LogP contribution is -2.39. The quantitative estimate of drug-likeness (QED) is 0.863. The highest BCUT2D eigenvalue weighted by atomic mass is 16.4. The Labute approximate surface area is 111 Å². The van der Waals surface area contributed by atoms with Crippen molar-refractivity contribution < 1.29 is 9.90 Å². The van der Waals surface area contributed by atoms with Crippen LogP contribution in [0.15, 0.2) is 18.3 Å². The van der Waals surface area contributed by atoms with Crippen LogP contribution < -0.4 is 5.32 Å². The molecule has 4 unspecified atom stereocenters. The van der Waals surface area contributed by atoms with Crippen molar-refractivity contribution in [2.45, 2.75) is 25.3 Å². The Morgan fingerprint density at radius 2 is 2.26 bits per heavy atom. The number of anilines is 1. The summed E-state index contributed by atoms with van der Waals surface area (Å²) in [7, 11) is 0. The van der Waals surface area contributed by atoms with Gasteiger partial charge in [0.15, 0.2) is 0 Å². The molecule has 0 spiro atoms. The molecule has 98 valence electrons. The summed E-state index contributed by atoms with van der Waals surface area (Å²) in [4.78, 5) is 15.3. The highest BCUT2D eigenvalue weighted by molar-refractivity contribution is 5.73. The second-order valence-electron chi connectivity index (χ2n) is 5.41. The van der Waals surface area contributed by atoms with Crippen molar-refractivity contribution >= 4 is 11.7 Å². The molecule has 19 heavy (non-hydrogen) atoms. The molecular weight excluding hydrogens is 242 g/mol. The van der Waals surface area contributed by atoms with Crippen molar-refractivity contribution in [2.24, 2.45) is 17.8 Å². The second kappa shape index (κ2) is 4.54. The first-order chi connectivity index (χ1) is 9.19. The van der Waals surface area contributed by atoms with Gasteiger partial charge >= 0.3 is 5.97 Å². The fourth-order valence-electron chi connectivity index (χ4n) is 3.63. The van der Waals surface area contributed by atoms with E-state index in [9.17, 15) is 9.90 Å². The Kier molecular flexibility index (Phi) is 2.86. The minimum atomic E-state index is -0.709. The smallest absolute Gasteiger partial charge is 0.308 e. The van der Waals surface area contributed by atoms with Gasteiger partial charge in [-0.25, -0.2) is 4.98 Å². The zero-order valence-electron chi connectivity index (χ0n) is 10.4. The molecular formula is C14H15N3O2. The number of aliphatic carboxylic acids is 1. The van der Waals surface area contributed by atoms with Crippen LogP contribution in [0.1, 0.15) is 25.0 Å². The van der Waals surface area contributed by atoms with Crippen LogP contribution in [0.3, 0.4) is 0 Å². The molecule has 0 radical (unpaired) electrons. The lowest BCUT2D eigenvalue weighted by atomic mass is 9.84. The standard InChI is InChI=1S/C14H15N3O2/c15-7-11-6-10(3-4-16-11)17-13-9-2-1-8(5-9)12(13)14(18)19/h3-4,6,8-9,12-13H,1-2,5H2,(H,16,17)(H,18,19). The molecule has 0 saturated heterocycles. The summed E-state index contributed by atoms with van der Waals surface area (Å²) in [6.07, 6.45) is 4.70. The van der Waals surface area contributed by atoms with E-state index >= 15 is 0 Å². The topological polar surface area (TPSA) is 86.0 Å². The maximum absolute atomic E-state index is 11.4. The zero-order chi connectivity index (χ0) is 13.4. The van der Waals surface area contributed by atoms with E-state index in [1.165, 1.54) is 0 Å². The maximum Gasteiger partial charge on any atom is 0.308 e. The van der Waals surface area contributed by atoms with Gasteiger partial charge in [0.1, 0.15) is 11.8 Å². The third kappa shape index (κ3) is 2.03. The van der Waals surface area contributed by atoms with E-state index in [1.807, 2.05) is 6.07 Å². The van der Waals surface area contributed by atoms with E-state index < -0.39 is 5.97 Å². The van der Waals surface area contributed by atoms with Crippen molar-refractivity contribution in [3.63, 3.8) is 0 Å². The number of hydrogen-bond acceptors (Lipinski definition) is 4. The van der Waals surface area contributed by atoms with Crippen LogP contribution in [0, 0.1) is 29.1 Å². The van der Waals surface area contributed by atoms with Crippen LogP contribution in [-0.4, -0.2) is 22.1 Å². The van der Waals surface area contributed by atoms with E-state index in [2.05, 4.69) is 10.3 Å². The van der Waals surface area contributed by atoms with Crippen LogP contribution in [0.5, 0.6) is 0 Å². The van der Waals surface area contributed by atoms with Gasteiger partial charge in [0, 0.05) is 17.9 Å². The lowest BCUT2D eigenvalue weighted by Gasteiger charge is -2.29. The van der Waals surface area contributed by atoms with Crippen molar-refractivity contribution in [3.05, 3.63) is 24.0 Å². The summed E-state index contributed by atoms with van der Waals surface area (Å²) in [5, 5.41) is 21.5. The average molecular weight is 257 g/mol. The number of aromatic nitrogens is 1. The predicted octanol–water partition coefficient (Wildman–Crippen LogP) is 1.86. The number of nitrogens with zero attached hydrogens (tertiary/aromatic N) is 2. The van der Waals surface area contributed by atoms with Gasteiger partial charge in [0.25, 0.3) is 0 Å². The van der Waals surface area contributed by atoms with E-state index in [4.69, 9.17) is 5.26 Å². The monoisotopic (exact) mass is 257 g/mol. The van der Waals surface area contributed by atoms with Gasteiger partial charge in [-0.2, -0.15) is 5.26 Å². The van der Waals surface area contributed by atoms with Crippen molar-refractivity contribution in [3.8, 4) is 6.07 Å². The maximum atomic E-state index is 11.4. The molecule has 2 N–H and O–H groups in total. The molecule has 4 atom stereocenters. The van der Waals surface area contributed by atoms with Gasteiger partial charge in [-0.3, -0.25) is 4.79 Å². The minimum absolute atomic E-state index is 0.0230. The van der Waals surface area contributed by atoms with Crippen molar-refractivity contribution in [2.75, 3.05) is 5.32 Å². The SMILES string of the molecule is N#Cc1cc(NC2C3CCC(C3)C2C(=O)O)ccn1. The first-order valence-corrected chi connectivity index (χ1v) is 6.54. The summed E-state index contributed by atoms with van der Waals surface area (Å²) in [5.41, 5.74) is 1.13. The van der Waals surface area contributed by atoms with Crippen LogP contribution in [0.2, 0.25) is 0 Å². The van der Waals surface area contributed by atoms with Crippen LogP contribution in [0.4, 0.5) is 5.69 Å². The van der Waals surface area contributed by atoms with Gasteiger partial charge in [-0.1, -0.05) is 0 Å². The first-order valence-electron chi connectivity index (χ1n) is 6.54. The second-order valence-corrected chi connectivity index (χ2v) is 5.41. The van der Waals surface area contributed by atoms with Gasteiger partial charge in [0.05, 0.1) is 5.92 Å².